The van der Waals surface area contributed by atoms with Crippen molar-refractivity contribution in [3.8, 4) is 5.75 Å². The fourth-order valence-corrected chi connectivity index (χ4v) is 6.36. The van der Waals surface area contributed by atoms with E-state index in [4.69, 9.17) is 0 Å². The Morgan fingerprint density at radius 1 is 1.08 bits per heavy atom. The molecule has 1 N–H and O–H groups in total. The number of benzene rings is 2. The van der Waals surface area contributed by atoms with Crippen LogP contribution in [0.15, 0.2) is 51.4 Å². The SMILES string of the molecule is Oc1cc(C23CCCC(C2)N(CCc2ccccc2)CC3)c(Br)cc1Br. The minimum atomic E-state index is 0.211. The van der Waals surface area contributed by atoms with E-state index in [0.717, 1.165) is 28.5 Å². The molecule has 1 saturated heterocycles. The molecule has 2 aromatic rings. The number of piperidine rings is 1. The van der Waals surface area contributed by atoms with Gasteiger partial charge in [-0.25, -0.2) is 0 Å². The first-order valence-electron chi connectivity index (χ1n) is 9.54. The van der Waals surface area contributed by atoms with Crippen molar-refractivity contribution in [3.63, 3.8) is 0 Å². The van der Waals surface area contributed by atoms with Gasteiger partial charge in [0.05, 0.1) is 4.47 Å². The second kappa shape index (κ2) is 7.65. The Balaban J connectivity index is 1.51. The van der Waals surface area contributed by atoms with Gasteiger partial charge in [-0.05, 0) is 83.3 Å². The summed E-state index contributed by atoms with van der Waals surface area (Å²) in [6, 6.07) is 15.5. The lowest BCUT2D eigenvalue weighted by Crippen LogP contribution is -2.52. The second-order valence-electron chi connectivity index (χ2n) is 7.84. The van der Waals surface area contributed by atoms with Crippen LogP contribution in [-0.4, -0.2) is 29.1 Å². The van der Waals surface area contributed by atoms with Crippen LogP contribution in [0.4, 0.5) is 0 Å². The molecule has 4 rings (SSSR count). The Morgan fingerprint density at radius 2 is 1.88 bits per heavy atom. The summed E-state index contributed by atoms with van der Waals surface area (Å²) in [5.74, 6) is 0.353. The van der Waals surface area contributed by atoms with Crippen molar-refractivity contribution in [3.05, 3.63) is 62.5 Å². The molecular formula is C22H25Br2NO. The Morgan fingerprint density at radius 3 is 2.69 bits per heavy atom. The highest BCUT2D eigenvalue weighted by Gasteiger charge is 2.44. The molecule has 138 valence electrons. The van der Waals surface area contributed by atoms with Crippen LogP contribution in [0.2, 0.25) is 0 Å². The van der Waals surface area contributed by atoms with Crippen molar-refractivity contribution in [2.75, 3.05) is 13.1 Å². The zero-order valence-electron chi connectivity index (χ0n) is 14.9. The molecule has 2 unspecified atom stereocenters. The molecule has 2 nitrogen and oxygen atoms in total. The molecule has 0 spiro atoms. The minimum Gasteiger partial charge on any atom is -0.507 e. The van der Waals surface area contributed by atoms with Crippen LogP contribution in [0.3, 0.4) is 0 Å². The van der Waals surface area contributed by atoms with Crippen LogP contribution in [0.1, 0.15) is 43.2 Å². The summed E-state index contributed by atoms with van der Waals surface area (Å²) in [5, 5.41) is 10.2. The summed E-state index contributed by atoms with van der Waals surface area (Å²) in [6.45, 7) is 2.30. The normalized spacial score (nSPS) is 26.0. The fraction of sp³-hybridized carbons (Fsp3) is 0.455. The van der Waals surface area contributed by atoms with E-state index in [9.17, 15) is 5.11 Å². The van der Waals surface area contributed by atoms with E-state index in [0.29, 0.717) is 11.8 Å². The standard InChI is InChI=1S/C22H25Br2NO/c23-19-14-20(24)21(26)13-18(19)22-9-4-7-17(15-22)25(12-10-22)11-8-16-5-2-1-3-6-16/h1-3,5-6,13-14,17,26H,4,7-12,15H2. The number of fused-ring (bicyclic) bond motifs is 2. The Labute approximate surface area is 172 Å². The molecule has 1 aliphatic heterocycles. The van der Waals surface area contributed by atoms with Gasteiger partial charge in [0, 0.05) is 17.1 Å². The van der Waals surface area contributed by atoms with E-state index in [1.165, 1.54) is 43.2 Å². The number of hydrogen-bond donors (Lipinski definition) is 1. The third kappa shape index (κ3) is 3.61. The van der Waals surface area contributed by atoms with Crippen LogP contribution in [0, 0.1) is 0 Å². The Kier molecular flexibility index (Phi) is 5.45. The lowest BCUT2D eigenvalue weighted by Gasteiger charge is -2.51. The number of phenols is 1. The van der Waals surface area contributed by atoms with Crippen molar-refractivity contribution in [1.82, 2.24) is 4.90 Å². The Bertz CT molecular complexity index is 779. The lowest BCUT2D eigenvalue weighted by atomic mass is 9.63. The molecule has 1 saturated carbocycles. The number of hydrogen-bond acceptors (Lipinski definition) is 2. The first-order valence-corrected chi connectivity index (χ1v) is 11.1. The quantitative estimate of drug-likeness (QED) is 0.578. The van der Waals surface area contributed by atoms with Gasteiger partial charge in [0.2, 0.25) is 0 Å². The highest BCUT2D eigenvalue weighted by molar-refractivity contribution is 9.11. The lowest BCUT2D eigenvalue weighted by molar-refractivity contribution is 0.0521. The molecule has 2 aliphatic rings. The van der Waals surface area contributed by atoms with Crippen molar-refractivity contribution < 1.29 is 5.11 Å². The number of aromatic hydroxyl groups is 1. The Hall–Kier alpha value is -0.840. The van der Waals surface area contributed by atoms with Gasteiger partial charge in [-0.2, -0.15) is 0 Å². The highest BCUT2D eigenvalue weighted by atomic mass is 79.9. The predicted molar refractivity (Wildman–Crippen MR) is 114 cm³/mol. The second-order valence-corrected chi connectivity index (χ2v) is 9.54. The number of rotatable bonds is 4. The number of halogens is 2. The molecule has 2 bridgehead atoms. The van der Waals surface area contributed by atoms with Crippen molar-refractivity contribution in [2.45, 2.75) is 50.0 Å². The highest BCUT2D eigenvalue weighted by Crippen LogP contribution is 2.50. The van der Waals surface area contributed by atoms with E-state index < -0.39 is 0 Å². The maximum absolute atomic E-state index is 10.2. The van der Waals surface area contributed by atoms with Gasteiger partial charge in [0.1, 0.15) is 5.75 Å². The summed E-state index contributed by atoms with van der Waals surface area (Å²) in [4.78, 5) is 2.71. The molecule has 1 heterocycles. The zero-order valence-corrected chi connectivity index (χ0v) is 18.1. The average Bonchev–Trinajstić information content (AvgIpc) is 2.65. The molecule has 26 heavy (non-hydrogen) atoms. The fourth-order valence-electron chi connectivity index (χ4n) is 4.95. The van der Waals surface area contributed by atoms with Crippen LogP contribution in [0.25, 0.3) is 0 Å². The number of phenolic OH excluding ortho intramolecular Hbond substituents is 1. The summed E-state index contributed by atoms with van der Waals surface area (Å²) in [7, 11) is 0. The monoisotopic (exact) mass is 477 g/mol. The first kappa shape index (κ1) is 18.5. The molecule has 0 radical (unpaired) electrons. The maximum atomic E-state index is 10.2. The topological polar surface area (TPSA) is 23.5 Å². The van der Waals surface area contributed by atoms with Crippen molar-refractivity contribution in [2.24, 2.45) is 0 Å². The maximum Gasteiger partial charge on any atom is 0.130 e. The van der Waals surface area contributed by atoms with Gasteiger partial charge in [0.15, 0.2) is 0 Å². The van der Waals surface area contributed by atoms with Gasteiger partial charge >= 0.3 is 0 Å². The van der Waals surface area contributed by atoms with E-state index in [1.54, 1.807) is 0 Å². The minimum absolute atomic E-state index is 0.211. The molecule has 1 aliphatic carbocycles. The van der Waals surface area contributed by atoms with Gasteiger partial charge in [-0.1, -0.05) is 52.7 Å². The average molecular weight is 479 g/mol. The molecule has 0 amide bonds. The summed E-state index contributed by atoms with van der Waals surface area (Å²) < 4.78 is 1.89. The third-order valence-corrected chi connectivity index (χ3v) is 7.64. The first-order chi connectivity index (χ1) is 12.6. The van der Waals surface area contributed by atoms with Crippen LogP contribution < -0.4 is 0 Å². The van der Waals surface area contributed by atoms with Gasteiger partial charge in [0.25, 0.3) is 0 Å². The summed E-state index contributed by atoms with van der Waals surface area (Å²) >= 11 is 7.19. The molecule has 2 aromatic carbocycles. The number of nitrogens with zero attached hydrogens (tertiary/aromatic N) is 1. The molecule has 2 fully saturated rings. The summed E-state index contributed by atoms with van der Waals surface area (Å²) in [5.41, 5.74) is 2.94. The molecule has 4 heteroatoms. The van der Waals surface area contributed by atoms with Gasteiger partial charge in [-0.15, -0.1) is 0 Å². The third-order valence-electron chi connectivity index (χ3n) is 6.35. The molecule has 2 atom stereocenters. The smallest absolute Gasteiger partial charge is 0.130 e. The van der Waals surface area contributed by atoms with Crippen LogP contribution >= 0.6 is 31.9 Å². The molecule has 0 aromatic heterocycles. The van der Waals surface area contributed by atoms with Crippen LogP contribution in [-0.2, 0) is 11.8 Å². The largest absolute Gasteiger partial charge is 0.507 e. The van der Waals surface area contributed by atoms with E-state index in [2.05, 4.69) is 67.1 Å². The van der Waals surface area contributed by atoms with E-state index in [-0.39, 0.29) is 5.41 Å². The van der Waals surface area contributed by atoms with E-state index in [1.807, 2.05) is 12.1 Å². The van der Waals surface area contributed by atoms with Crippen molar-refractivity contribution in [1.29, 1.82) is 0 Å². The number of likely N-dealkylation sites (tertiary alicyclic amines) is 1. The van der Waals surface area contributed by atoms with Crippen LogP contribution in [0.5, 0.6) is 5.75 Å². The van der Waals surface area contributed by atoms with Gasteiger partial charge in [-0.3, -0.25) is 4.90 Å². The van der Waals surface area contributed by atoms with Gasteiger partial charge < -0.3 is 5.11 Å². The van der Waals surface area contributed by atoms with E-state index >= 15 is 0 Å². The zero-order chi connectivity index (χ0) is 18.1. The predicted octanol–water partition coefficient (Wildman–Crippen LogP) is 6.05. The summed E-state index contributed by atoms with van der Waals surface area (Å²) in [6.07, 6.45) is 7.33. The molecular weight excluding hydrogens is 454 g/mol. The van der Waals surface area contributed by atoms with Crippen molar-refractivity contribution >= 4 is 31.9 Å².